The lowest BCUT2D eigenvalue weighted by Crippen LogP contribution is -2.13. The van der Waals surface area contributed by atoms with Crippen LogP contribution in [0.1, 0.15) is 29.3 Å². The molecule has 0 amide bonds. The normalized spacial score (nSPS) is 12.5. The number of benzene rings is 1. The number of alkyl halides is 1. The van der Waals surface area contributed by atoms with Crippen molar-refractivity contribution in [1.82, 2.24) is 0 Å². The van der Waals surface area contributed by atoms with E-state index >= 15 is 0 Å². The van der Waals surface area contributed by atoms with Crippen molar-refractivity contribution < 1.29 is 9.90 Å². The molecule has 0 heterocycles. The van der Waals surface area contributed by atoms with Gasteiger partial charge in [-0.2, -0.15) is 0 Å². The van der Waals surface area contributed by atoms with Crippen LogP contribution in [0.3, 0.4) is 0 Å². The molecule has 0 saturated carbocycles. The van der Waals surface area contributed by atoms with Crippen LogP contribution in [0.5, 0.6) is 5.75 Å². The first kappa shape index (κ1) is 13.0. The van der Waals surface area contributed by atoms with Crippen LogP contribution in [0.25, 0.3) is 0 Å². The van der Waals surface area contributed by atoms with Crippen molar-refractivity contribution in [3.05, 3.63) is 26.8 Å². The second-order valence-corrected chi connectivity index (χ2v) is 5.65. The maximum atomic E-state index is 11.9. The van der Waals surface area contributed by atoms with E-state index in [1.165, 1.54) is 0 Å². The number of ketones is 1. The molecule has 1 rings (SSSR count). The minimum atomic E-state index is -0.221. The molecule has 1 aromatic carbocycles. The van der Waals surface area contributed by atoms with E-state index in [-0.39, 0.29) is 16.4 Å². The molecule has 0 aliphatic carbocycles. The maximum absolute atomic E-state index is 11.9. The van der Waals surface area contributed by atoms with Gasteiger partial charge in [-0.3, -0.25) is 4.79 Å². The summed E-state index contributed by atoms with van der Waals surface area (Å²) in [5, 5.41) is 9.79. The van der Waals surface area contributed by atoms with Crippen LogP contribution in [-0.2, 0) is 0 Å². The fourth-order valence-corrected chi connectivity index (χ4v) is 2.30. The largest absolute Gasteiger partial charge is 0.506 e. The number of hydrogen-bond acceptors (Lipinski definition) is 2. The molecule has 0 fully saturated rings. The second-order valence-electron chi connectivity index (χ2n) is 3.38. The predicted molar refractivity (Wildman–Crippen MR) is 72.9 cm³/mol. The quantitative estimate of drug-likeness (QED) is 0.492. The number of aromatic hydroxyl groups is 1. The first-order valence-corrected chi connectivity index (χ1v) is 6.64. The summed E-state index contributed by atoms with van der Waals surface area (Å²) in [6.45, 7) is 3.84. The Labute approximate surface area is 111 Å². The zero-order valence-corrected chi connectivity index (χ0v) is 12.3. The summed E-state index contributed by atoms with van der Waals surface area (Å²) in [6, 6.07) is 3.58. The summed E-state index contributed by atoms with van der Waals surface area (Å²) >= 11 is 5.33. The van der Waals surface area contributed by atoms with Gasteiger partial charge in [0.2, 0.25) is 0 Å². The third kappa shape index (κ3) is 2.93. The average Bonchev–Trinajstić information content (AvgIpc) is 2.21. The van der Waals surface area contributed by atoms with Crippen LogP contribution in [0, 0.1) is 10.5 Å². The topological polar surface area (TPSA) is 37.3 Å². The van der Waals surface area contributed by atoms with Crippen LogP contribution >= 0.6 is 38.5 Å². The summed E-state index contributed by atoms with van der Waals surface area (Å²) in [7, 11) is 0. The van der Waals surface area contributed by atoms with E-state index in [4.69, 9.17) is 0 Å². The van der Waals surface area contributed by atoms with Gasteiger partial charge in [-0.05, 0) is 53.6 Å². The Bertz CT molecular complexity index is 390. The van der Waals surface area contributed by atoms with Crippen molar-refractivity contribution in [2.75, 3.05) is 0 Å². The molecule has 0 aliphatic rings. The number of halogens is 2. The molecule has 1 aromatic rings. The highest BCUT2D eigenvalue weighted by atomic mass is 127. The van der Waals surface area contributed by atoms with Gasteiger partial charge in [0.05, 0.1) is 14.0 Å². The average molecular weight is 383 g/mol. The first-order chi connectivity index (χ1) is 6.97. The lowest BCUT2D eigenvalue weighted by molar-refractivity contribution is 0.0987. The Morgan fingerprint density at radius 2 is 2.20 bits per heavy atom. The summed E-state index contributed by atoms with van der Waals surface area (Å²) in [5.41, 5.74) is 1.39. The molecule has 1 N–H and O–H groups in total. The molecule has 82 valence electrons. The Morgan fingerprint density at radius 1 is 1.60 bits per heavy atom. The van der Waals surface area contributed by atoms with Gasteiger partial charge in [-0.1, -0.05) is 22.9 Å². The van der Waals surface area contributed by atoms with E-state index in [1.807, 2.05) is 42.5 Å². The van der Waals surface area contributed by atoms with Crippen LogP contribution in [0.15, 0.2) is 12.1 Å². The van der Waals surface area contributed by atoms with Crippen molar-refractivity contribution >= 4 is 44.3 Å². The number of Topliss-reactive ketones (excluding diaryl/α,β-unsaturated/α-hetero) is 1. The van der Waals surface area contributed by atoms with Gasteiger partial charge < -0.3 is 5.11 Å². The van der Waals surface area contributed by atoms with Gasteiger partial charge in [-0.15, -0.1) is 0 Å². The van der Waals surface area contributed by atoms with Crippen molar-refractivity contribution in [2.45, 2.75) is 25.1 Å². The Hall–Kier alpha value is -0.100. The highest BCUT2D eigenvalue weighted by Gasteiger charge is 2.20. The highest BCUT2D eigenvalue weighted by Crippen LogP contribution is 2.28. The van der Waals surface area contributed by atoms with Gasteiger partial charge in [0.15, 0.2) is 5.78 Å². The number of carbonyl (C=O) groups is 1. The minimum Gasteiger partial charge on any atom is -0.506 e. The van der Waals surface area contributed by atoms with Gasteiger partial charge in [0.25, 0.3) is 0 Å². The molecular formula is C11H12BrIO2. The SMILES string of the molecule is CCC(Br)C(=O)c1cc(C)cc(I)c1O. The molecular weight excluding hydrogens is 371 g/mol. The Kier molecular flexibility index (Phi) is 4.58. The van der Waals surface area contributed by atoms with Crippen molar-refractivity contribution in [3.63, 3.8) is 0 Å². The van der Waals surface area contributed by atoms with E-state index in [1.54, 1.807) is 6.07 Å². The molecule has 0 bridgehead atoms. The molecule has 0 radical (unpaired) electrons. The summed E-state index contributed by atoms with van der Waals surface area (Å²) < 4.78 is 0.715. The molecule has 1 atom stereocenters. The fourth-order valence-electron chi connectivity index (χ4n) is 1.28. The van der Waals surface area contributed by atoms with Crippen molar-refractivity contribution in [1.29, 1.82) is 0 Å². The maximum Gasteiger partial charge on any atom is 0.180 e. The monoisotopic (exact) mass is 382 g/mol. The Morgan fingerprint density at radius 3 is 2.73 bits per heavy atom. The zero-order chi connectivity index (χ0) is 11.6. The van der Waals surface area contributed by atoms with Crippen LogP contribution in [0.2, 0.25) is 0 Å². The molecule has 0 spiro atoms. The van der Waals surface area contributed by atoms with Gasteiger partial charge in [-0.25, -0.2) is 0 Å². The second kappa shape index (κ2) is 5.30. The van der Waals surface area contributed by atoms with E-state index in [0.717, 1.165) is 5.56 Å². The predicted octanol–water partition coefficient (Wildman–Crippen LogP) is 3.66. The van der Waals surface area contributed by atoms with Crippen molar-refractivity contribution in [3.8, 4) is 5.75 Å². The van der Waals surface area contributed by atoms with Gasteiger partial charge >= 0.3 is 0 Å². The van der Waals surface area contributed by atoms with Crippen LogP contribution < -0.4 is 0 Å². The summed E-state index contributed by atoms with van der Waals surface area (Å²) in [4.78, 5) is 11.7. The third-order valence-corrected chi connectivity index (χ3v) is 4.00. The van der Waals surface area contributed by atoms with E-state index < -0.39 is 0 Å². The van der Waals surface area contributed by atoms with Crippen LogP contribution in [0.4, 0.5) is 0 Å². The van der Waals surface area contributed by atoms with Crippen molar-refractivity contribution in [2.24, 2.45) is 0 Å². The molecule has 15 heavy (non-hydrogen) atoms. The number of rotatable bonds is 3. The molecule has 4 heteroatoms. The number of phenolic OH excluding ortho intramolecular Hbond substituents is 1. The lowest BCUT2D eigenvalue weighted by Gasteiger charge is -2.10. The standard InChI is InChI=1S/C11H12BrIO2/c1-3-8(12)10(14)7-4-6(2)5-9(13)11(7)15/h4-5,8,15H,3H2,1-2H3. The smallest absolute Gasteiger partial charge is 0.180 e. The lowest BCUT2D eigenvalue weighted by atomic mass is 10.0. The van der Waals surface area contributed by atoms with Gasteiger partial charge in [0.1, 0.15) is 5.75 Å². The summed E-state index contributed by atoms with van der Waals surface area (Å²) in [5.74, 6) is 0.0284. The number of carbonyl (C=O) groups excluding carboxylic acids is 1. The van der Waals surface area contributed by atoms with Gasteiger partial charge in [0, 0.05) is 0 Å². The molecule has 1 unspecified atom stereocenters. The molecule has 0 aliphatic heterocycles. The number of phenols is 1. The first-order valence-electron chi connectivity index (χ1n) is 4.64. The van der Waals surface area contributed by atoms with E-state index in [9.17, 15) is 9.90 Å². The number of hydrogen-bond donors (Lipinski definition) is 1. The summed E-state index contributed by atoms with van der Waals surface area (Å²) in [6.07, 6.45) is 0.711. The zero-order valence-electron chi connectivity index (χ0n) is 8.55. The molecule has 2 nitrogen and oxygen atoms in total. The third-order valence-electron chi connectivity index (χ3n) is 2.12. The fraction of sp³-hybridized carbons (Fsp3) is 0.364. The molecule has 0 aromatic heterocycles. The highest BCUT2D eigenvalue weighted by molar-refractivity contribution is 14.1. The number of aryl methyl sites for hydroxylation is 1. The van der Waals surface area contributed by atoms with E-state index in [2.05, 4.69) is 15.9 Å². The van der Waals surface area contributed by atoms with E-state index in [0.29, 0.717) is 15.6 Å². The minimum absolute atomic E-state index is 0.0587. The molecule has 0 saturated heterocycles. The van der Waals surface area contributed by atoms with Crippen LogP contribution in [-0.4, -0.2) is 15.7 Å². The Balaban J connectivity index is 3.19.